The standard InChI is InChI=1S/C14H20N4O2/c1-3-14(2,6-7-19)18-13-16-11-5-4-9(15)8-10(11)12(20)17-13/h4-5,8,19H,3,6-7,15H2,1-2H3,(H2,16,17,18,20). The lowest BCUT2D eigenvalue weighted by molar-refractivity contribution is 0.251. The molecule has 20 heavy (non-hydrogen) atoms. The molecule has 1 aromatic heterocycles. The van der Waals surface area contributed by atoms with E-state index < -0.39 is 0 Å². The van der Waals surface area contributed by atoms with Gasteiger partial charge in [0.2, 0.25) is 5.95 Å². The van der Waals surface area contributed by atoms with Gasteiger partial charge in [-0.2, -0.15) is 0 Å². The molecular formula is C14H20N4O2. The number of benzene rings is 1. The minimum absolute atomic E-state index is 0.0751. The van der Waals surface area contributed by atoms with Crippen molar-refractivity contribution < 1.29 is 5.11 Å². The highest BCUT2D eigenvalue weighted by atomic mass is 16.3. The highest BCUT2D eigenvalue weighted by Crippen LogP contribution is 2.20. The maximum Gasteiger partial charge on any atom is 0.260 e. The second-order valence-corrected chi connectivity index (χ2v) is 5.20. The molecule has 0 aliphatic rings. The molecule has 5 N–H and O–H groups in total. The minimum Gasteiger partial charge on any atom is -0.399 e. The lowest BCUT2D eigenvalue weighted by Crippen LogP contribution is -2.36. The summed E-state index contributed by atoms with van der Waals surface area (Å²) < 4.78 is 0. The zero-order valence-corrected chi connectivity index (χ0v) is 11.7. The van der Waals surface area contributed by atoms with Crippen molar-refractivity contribution in [3.63, 3.8) is 0 Å². The molecule has 0 saturated carbocycles. The smallest absolute Gasteiger partial charge is 0.260 e. The fraction of sp³-hybridized carbons (Fsp3) is 0.429. The zero-order chi connectivity index (χ0) is 14.8. The Bertz CT molecular complexity index is 668. The Kier molecular flexibility index (Phi) is 3.94. The molecule has 1 heterocycles. The van der Waals surface area contributed by atoms with E-state index in [4.69, 9.17) is 10.8 Å². The number of rotatable bonds is 5. The number of aromatic nitrogens is 2. The summed E-state index contributed by atoms with van der Waals surface area (Å²) in [6.45, 7) is 4.07. The van der Waals surface area contributed by atoms with Gasteiger partial charge in [-0.05, 0) is 38.0 Å². The summed E-state index contributed by atoms with van der Waals surface area (Å²) in [5, 5.41) is 12.8. The predicted octanol–water partition coefficient (Wildman–Crippen LogP) is 1.47. The van der Waals surface area contributed by atoms with Gasteiger partial charge < -0.3 is 16.2 Å². The maximum absolute atomic E-state index is 12.0. The van der Waals surface area contributed by atoms with Crippen molar-refractivity contribution in [3.05, 3.63) is 28.6 Å². The highest BCUT2D eigenvalue weighted by molar-refractivity contribution is 5.81. The minimum atomic E-state index is -0.313. The number of aromatic amines is 1. The molecule has 0 amide bonds. The van der Waals surface area contributed by atoms with Crippen molar-refractivity contribution in [2.45, 2.75) is 32.2 Å². The number of nitrogens with one attached hydrogen (secondary N) is 2. The number of anilines is 2. The Hall–Kier alpha value is -2.08. The number of fused-ring (bicyclic) bond motifs is 1. The second-order valence-electron chi connectivity index (χ2n) is 5.20. The van der Waals surface area contributed by atoms with Crippen LogP contribution >= 0.6 is 0 Å². The molecule has 1 atom stereocenters. The molecular weight excluding hydrogens is 256 g/mol. The normalized spacial score (nSPS) is 14.2. The van der Waals surface area contributed by atoms with Crippen LogP contribution in [0.2, 0.25) is 0 Å². The Balaban J connectivity index is 2.41. The van der Waals surface area contributed by atoms with E-state index >= 15 is 0 Å². The van der Waals surface area contributed by atoms with Crippen molar-refractivity contribution in [1.82, 2.24) is 9.97 Å². The SMILES string of the molecule is CCC(C)(CCO)Nc1nc2ccc(N)cc2c(=O)[nH]1. The van der Waals surface area contributed by atoms with E-state index in [2.05, 4.69) is 15.3 Å². The number of nitrogens with zero attached hydrogens (tertiary/aromatic N) is 1. The lowest BCUT2D eigenvalue weighted by Gasteiger charge is -2.29. The Morgan fingerprint density at radius 2 is 2.25 bits per heavy atom. The van der Waals surface area contributed by atoms with Crippen LogP contribution in [0.3, 0.4) is 0 Å². The number of hydrogen-bond donors (Lipinski definition) is 4. The van der Waals surface area contributed by atoms with Crippen molar-refractivity contribution in [3.8, 4) is 0 Å². The van der Waals surface area contributed by atoms with E-state index in [9.17, 15) is 4.79 Å². The summed E-state index contributed by atoms with van der Waals surface area (Å²) in [7, 11) is 0. The first-order valence-electron chi connectivity index (χ1n) is 6.66. The van der Waals surface area contributed by atoms with E-state index in [1.807, 2.05) is 13.8 Å². The zero-order valence-electron chi connectivity index (χ0n) is 11.7. The monoisotopic (exact) mass is 276 g/mol. The van der Waals surface area contributed by atoms with Gasteiger partial charge in [0.1, 0.15) is 0 Å². The first kappa shape index (κ1) is 14.3. The third-order valence-corrected chi connectivity index (χ3v) is 3.59. The van der Waals surface area contributed by atoms with E-state index in [0.717, 1.165) is 6.42 Å². The summed E-state index contributed by atoms with van der Waals surface area (Å²) in [6, 6.07) is 5.05. The molecule has 1 aromatic carbocycles. The van der Waals surface area contributed by atoms with Gasteiger partial charge >= 0.3 is 0 Å². The highest BCUT2D eigenvalue weighted by Gasteiger charge is 2.22. The van der Waals surface area contributed by atoms with E-state index in [1.165, 1.54) is 0 Å². The summed E-state index contributed by atoms with van der Waals surface area (Å²) in [5.74, 6) is 0.407. The van der Waals surface area contributed by atoms with Crippen molar-refractivity contribution in [1.29, 1.82) is 0 Å². The molecule has 6 nitrogen and oxygen atoms in total. The molecule has 0 spiro atoms. The predicted molar refractivity (Wildman–Crippen MR) is 80.8 cm³/mol. The second kappa shape index (κ2) is 5.50. The molecule has 1 unspecified atom stereocenters. The summed E-state index contributed by atoms with van der Waals surface area (Å²) in [5.41, 5.74) is 6.25. The van der Waals surface area contributed by atoms with Crippen LogP contribution in [0.4, 0.5) is 11.6 Å². The van der Waals surface area contributed by atoms with Crippen LogP contribution in [0.1, 0.15) is 26.7 Å². The molecule has 2 aromatic rings. The quantitative estimate of drug-likeness (QED) is 0.619. The summed E-state index contributed by atoms with van der Waals surface area (Å²) in [4.78, 5) is 19.1. The number of nitrogen functional groups attached to an aromatic ring is 1. The maximum atomic E-state index is 12.0. The number of nitrogens with two attached hydrogens (primary N) is 1. The lowest BCUT2D eigenvalue weighted by atomic mass is 9.95. The largest absolute Gasteiger partial charge is 0.399 e. The van der Waals surface area contributed by atoms with Crippen LogP contribution in [0.15, 0.2) is 23.0 Å². The average Bonchev–Trinajstić information content (AvgIpc) is 2.40. The van der Waals surface area contributed by atoms with Crippen molar-refractivity contribution in [2.75, 3.05) is 17.7 Å². The molecule has 2 rings (SSSR count). The van der Waals surface area contributed by atoms with Crippen LogP contribution < -0.4 is 16.6 Å². The van der Waals surface area contributed by atoms with E-state index in [0.29, 0.717) is 29.0 Å². The van der Waals surface area contributed by atoms with E-state index in [1.54, 1.807) is 18.2 Å². The number of hydrogen-bond acceptors (Lipinski definition) is 5. The van der Waals surface area contributed by atoms with Crippen molar-refractivity contribution in [2.24, 2.45) is 0 Å². The Labute approximate surface area is 117 Å². The molecule has 0 bridgehead atoms. The molecule has 0 aliphatic carbocycles. The van der Waals surface area contributed by atoms with Gasteiger partial charge in [0.05, 0.1) is 10.9 Å². The fourth-order valence-electron chi connectivity index (χ4n) is 2.08. The van der Waals surface area contributed by atoms with Gasteiger partial charge in [-0.15, -0.1) is 0 Å². The third-order valence-electron chi connectivity index (χ3n) is 3.59. The summed E-state index contributed by atoms with van der Waals surface area (Å²) >= 11 is 0. The van der Waals surface area contributed by atoms with Crippen LogP contribution in [-0.4, -0.2) is 27.2 Å². The molecule has 0 saturated heterocycles. The Morgan fingerprint density at radius 1 is 1.50 bits per heavy atom. The number of aliphatic hydroxyl groups is 1. The van der Waals surface area contributed by atoms with Crippen LogP contribution in [-0.2, 0) is 0 Å². The first-order chi connectivity index (χ1) is 9.47. The van der Waals surface area contributed by atoms with Gasteiger partial charge in [-0.1, -0.05) is 6.92 Å². The van der Waals surface area contributed by atoms with Gasteiger partial charge in [-0.3, -0.25) is 9.78 Å². The van der Waals surface area contributed by atoms with Crippen LogP contribution in [0, 0.1) is 0 Å². The van der Waals surface area contributed by atoms with Gasteiger partial charge in [-0.25, -0.2) is 4.98 Å². The fourth-order valence-corrected chi connectivity index (χ4v) is 2.08. The van der Waals surface area contributed by atoms with Gasteiger partial charge in [0.25, 0.3) is 5.56 Å². The van der Waals surface area contributed by atoms with Crippen molar-refractivity contribution >= 4 is 22.5 Å². The molecule has 0 fully saturated rings. The van der Waals surface area contributed by atoms with Gasteiger partial charge in [0.15, 0.2) is 0 Å². The Morgan fingerprint density at radius 3 is 2.90 bits per heavy atom. The molecule has 6 heteroatoms. The topological polar surface area (TPSA) is 104 Å². The average molecular weight is 276 g/mol. The molecule has 0 aliphatic heterocycles. The van der Waals surface area contributed by atoms with Gasteiger partial charge in [0, 0.05) is 17.8 Å². The number of aliphatic hydroxyl groups excluding tert-OH is 1. The van der Waals surface area contributed by atoms with Crippen LogP contribution in [0.25, 0.3) is 10.9 Å². The van der Waals surface area contributed by atoms with E-state index in [-0.39, 0.29) is 17.7 Å². The molecule has 0 radical (unpaired) electrons. The first-order valence-corrected chi connectivity index (χ1v) is 6.66. The number of H-pyrrole nitrogens is 1. The molecule has 108 valence electrons. The summed E-state index contributed by atoms with van der Waals surface area (Å²) in [6.07, 6.45) is 1.38. The third kappa shape index (κ3) is 2.91. The van der Waals surface area contributed by atoms with Crippen LogP contribution in [0.5, 0.6) is 0 Å².